The zero-order valence-electron chi connectivity index (χ0n) is 10.00. The number of benzene rings is 2. The first-order valence-corrected chi connectivity index (χ1v) is 6.64. The van der Waals surface area contributed by atoms with Gasteiger partial charge in [0.05, 0.1) is 0 Å². The summed E-state index contributed by atoms with van der Waals surface area (Å²) in [6, 6.07) is 8.64. The van der Waals surface area contributed by atoms with Gasteiger partial charge >= 0.3 is 0 Å². The fourth-order valence-electron chi connectivity index (χ4n) is 1.63. The molecule has 2 aromatic rings. The van der Waals surface area contributed by atoms with Gasteiger partial charge in [-0.2, -0.15) is 0 Å². The van der Waals surface area contributed by atoms with Gasteiger partial charge in [-0.25, -0.2) is 13.2 Å². The second-order valence-electron chi connectivity index (χ2n) is 3.96. The van der Waals surface area contributed by atoms with Gasteiger partial charge in [0.2, 0.25) is 0 Å². The number of hydrogen-bond acceptors (Lipinski definition) is 2. The Balaban J connectivity index is 2.12. The Hall–Kier alpha value is -1.46. The third kappa shape index (κ3) is 3.30. The van der Waals surface area contributed by atoms with Gasteiger partial charge in [0.1, 0.15) is 5.82 Å². The van der Waals surface area contributed by atoms with E-state index < -0.39 is 11.6 Å². The topological polar surface area (TPSA) is 26.0 Å². The first kappa shape index (κ1) is 14.0. The smallest absolute Gasteiger partial charge is 0.159 e. The molecule has 0 aliphatic heterocycles. The first-order valence-electron chi connectivity index (χ1n) is 5.66. The number of halogens is 3. The van der Waals surface area contributed by atoms with Crippen LogP contribution in [0.5, 0.6) is 0 Å². The van der Waals surface area contributed by atoms with Crippen LogP contribution >= 0.6 is 11.8 Å². The Kier molecular flexibility index (Phi) is 4.50. The molecule has 0 spiro atoms. The molecule has 0 aliphatic carbocycles. The monoisotopic (exact) mass is 283 g/mol. The Morgan fingerprint density at radius 2 is 1.68 bits per heavy atom. The van der Waals surface area contributed by atoms with Crippen LogP contribution in [0.3, 0.4) is 0 Å². The standard InChI is InChI=1S/C14H12F3NS/c15-12-5-4-11(6-13(12)16)19-8-10-3-1-2-9(7-18)14(10)17/h1-6H,7-8,18H2. The van der Waals surface area contributed by atoms with Crippen molar-refractivity contribution in [3.05, 3.63) is 65.0 Å². The summed E-state index contributed by atoms with van der Waals surface area (Å²) >= 11 is 1.24. The zero-order chi connectivity index (χ0) is 13.8. The Labute approximate surface area is 113 Å². The largest absolute Gasteiger partial charge is 0.326 e. The minimum Gasteiger partial charge on any atom is -0.326 e. The minimum absolute atomic E-state index is 0.134. The van der Waals surface area contributed by atoms with Gasteiger partial charge in [0, 0.05) is 22.8 Å². The lowest BCUT2D eigenvalue weighted by molar-refractivity contribution is 0.506. The van der Waals surface area contributed by atoms with E-state index in [2.05, 4.69) is 0 Å². The van der Waals surface area contributed by atoms with Crippen LogP contribution in [0.4, 0.5) is 13.2 Å². The molecule has 2 aromatic carbocycles. The fourth-order valence-corrected chi connectivity index (χ4v) is 2.53. The van der Waals surface area contributed by atoms with Crippen molar-refractivity contribution in [3.63, 3.8) is 0 Å². The molecule has 100 valence electrons. The van der Waals surface area contributed by atoms with Gasteiger partial charge < -0.3 is 5.73 Å². The van der Waals surface area contributed by atoms with Crippen LogP contribution in [-0.2, 0) is 12.3 Å². The molecule has 0 aliphatic rings. The van der Waals surface area contributed by atoms with Crippen LogP contribution in [0.1, 0.15) is 11.1 Å². The summed E-state index contributed by atoms with van der Waals surface area (Å²) in [4.78, 5) is 0.552. The van der Waals surface area contributed by atoms with E-state index in [4.69, 9.17) is 5.73 Å². The molecule has 5 heteroatoms. The van der Waals surface area contributed by atoms with Crippen molar-refractivity contribution in [2.75, 3.05) is 0 Å². The fraction of sp³-hybridized carbons (Fsp3) is 0.143. The van der Waals surface area contributed by atoms with Gasteiger partial charge in [-0.3, -0.25) is 0 Å². The molecule has 0 heterocycles. The summed E-state index contributed by atoms with van der Waals surface area (Å²) in [6.45, 7) is 0.134. The van der Waals surface area contributed by atoms with E-state index in [1.54, 1.807) is 18.2 Å². The zero-order valence-corrected chi connectivity index (χ0v) is 10.8. The van der Waals surface area contributed by atoms with E-state index in [0.29, 0.717) is 21.8 Å². The third-order valence-corrected chi connectivity index (χ3v) is 3.71. The van der Waals surface area contributed by atoms with Gasteiger partial charge in [0.15, 0.2) is 11.6 Å². The molecule has 19 heavy (non-hydrogen) atoms. The second-order valence-corrected chi connectivity index (χ2v) is 5.01. The lowest BCUT2D eigenvalue weighted by Crippen LogP contribution is -2.02. The highest BCUT2D eigenvalue weighted by molar-refractivity contribution is 7.98. The average molecular weight is 283 g/mol. The van der Waals surface area contributed by atoms with Crippen molar-refractivity contribution >= 4 is 11.8 Å². The molecule has 0 amide bonds. The van der Waals surface area contributed by atoms with E-state index in [-0.39, 0.29) is 12.4 Å². The van der Waals surface area contributed by atoms with Crippen LogP contribution in [0.15, 0.2) is 41.3 Å². The summed E-state index contributed by atoms with van der Waals surface area (Å²) in [6.07, 6.45) is 0. The molecule has 0 unspecified atom stereocenters. The maximum Gasteiger partial charge on any atom is 0.159 e. The van der Waals surface area contributed by atoms with Crippen molar-refractivity contribution in [2.45, 2.75) is 17.2 Å². The van der Waals surface area contributed by atoms with Crippen molar-refractivity contribution in [1.29, 1.82) is 0 Å². The van der Waals surface area contributed by atoms with Crippen LogP contribution in [0, 0.1) is 17.5 Å². The minimum atomic E-state index is -0.902. The van der Waals surface area contributed by atoms with Crippen molar-refractivity contribution in [3.8, 4) is 0 Å². The third-order valence-electron chi connectivity index (χ3n) is 2.66. The van der Waals surface area contributed by atoms with E-state index in [0.717, 1.165) is 12.1 Å². The van der Waals surface area contributed by atoms with Crippen LogP contribution < -0.4 is 5.73 Å². The SMILES string of the molecule is NCc1cccc(CSc2ccc(F)c(F)c2)c1F. The lowest BCUT2D eigenvalue weighted by atomic mass is 10.1. The molecule has 0 saturated carbocycles. The Morgan fingerprint density at radius 1 is 0.947 bits per heavy atom. The highest BCUT2D eigenvalue weighted by atomic mass is 32.2. The van der Waals surface area contributed by atoms with E-state index in [1.165, 1.54) is 17.8 Å². The van der Waals surface area contributed by atoms with E-state index in [9.17, 15) is 13.2 Å². The quantitative estimate of drug-likeness (QED) is 0.862. The predicted molar refractivity (Wildman–Crippen MR) is 70.2 cm³/mol. The van der Waals surface area contributed by atoms with Crippen molar-refractivity contribution < 1.29 is 13.2 Å². The molecule has 2 N–H and O–H groups in total. The highest BCUT2D eigenvalue weighted by Gasteiger charge is 2.08. The summed E-state index contributed by atoms with van der Waals surface area (Å²) < 4.78 is 39.7. The van der Waals surface area contributed by atoms with Gasteiger partial charge in [0.25, 0.3) is 0 Å². The average Bonchev–Trinajstić information content (AvgIpc) is 2.41. The molecule has 0 atom stereocenters. The number of thioether (sulfide) groups is 1. The molecule has 0 radical (unpaired) electrons. The summed E-state index contributed by atoms with van der Waals surface area (Å²) in [7, 11) is 0. The molecular formula is C14H12F3NS. The van der Waals surface area contributed by atoms with E-state index in [1.807, 2.05) is 0 Å². The maximum absolute atomic E-state index is 13.9. The second kappa shape index (κ2) is 6.12. The molecule has 0 fully saturated rings. The highest BCUT2D eigenvalue weighted by Crippen LogP contribution is 2.26. The van der Waals surface area contributed by atoms with Crippen LogP contribution in [-0.4, -0.2) is 0 Å². The Bertz CT molecular complexity index is 587. The van der Waals surface area contributed by atoms with Crippen LogP contribution in [0.25, 0.3) is 0 Å². The summed E-state index contributed by atoms with van der Waals surface area (Å²) in [5, 5.41) is 0. The molecule has 2 rings (SSSR count). The van der Waals surface area contributed by atoms with Gasteiger partial charge in [-0.05, 0) is 23.8 Å². The number of hydrogen-bond donors (Lipinski definition) is 1. The van der Waals surface area contributed by atoms with Gasteiger partial charge in [-0.1, -0.05) is 18.2 Å². The van der Waals surface area contributed by atoms with Crippen LogP contribution in [0.2, 0.25) is 0 Å². The lowest BCUT2D eigenvalue weighted by Gasteiger charge is -2.07. The first-order chi connectivity index (χ1) is 9.11. The summed E-state index contributed by atoms with van der Waals surface area (Å²) in [5.74, 6) is -1.79. The molecule has 1 nitrogen and oxygen atoms in total. The van der Waals surface area contributed by atoms with Gasteiger partial charge in [-0.15, -0.1) is 11.8 Å². The van der Waals surface area contributed by atoms with Crippen molar-refractivity contribution in [1.82, 2.24) is 0 Å². The molecule has 0 bridgehead atoms. The predicted octanol–water partition coefficient (Wildman–Crippen LogP) is 3.85. The maximum atomic E-state index is 13.9. The Morgan fingerprint density at radius 3 is 2.37 bits per heavy atom. The molecular weight excluding hydrogens is 271 g/mol. The van der Waals surface area contributed by atoms with E-state index >= 15 is 0 Å². The molecule has 0 saturated heterocycles. The molecule has 0 aromatic heterocycles. The number of rotatable bonds is 4. The normalized spacial score (nSPS) is 10.7. The van der Waals surface area contributed by atoms with Crippen molar-refractivity contribution in [2.24, 2.45) is 5.73 Å². The number of nitrogens with two attached hydrogens (primary N) is 1. The summed E-state index contributed by atoms with van der Waals surface area (Å²) in [5.41, 5.74) is 6.37.